The zero-order valence-electron chi connectivity index (χ0n) is 12.5. The fourth-order valence-corrected chi connectivity index (χ4v) is 1.99. The predicted octanol–water partition coefficient (Wildman–Crippen LogP) is 0.280. The molecule has 22 heavy (non-hydrogen) atoms. The molecular formula is C16H21N3O3. The Morgan fingerprint density at radius 1 is 1.18 bits per heavy atom. The molecule has 6 heteroatoms. The lowest BCUT2D eigenvalue weighted by atomic mass is 10.0. The average molecular weight is 303 g/mol. The minimum Gasteiger partial charge on any atom is -0.368 e. The van der Waals surface area contributed by atoms with Crippen LogP contribution in [0.2, 0.25) is 0 Å². The maximum absolute atomic E-state index is 12.3. The Kier molecular flexibility index (Phi) is 6.82. The highest BCUT2D eigenvalue weighted by molar-refractivity contribution is 5.91. The molecule has 0 aromatic heterocycles. The SMILES string of the molecule is C=CC[C@@H](NC(=O)[C@H](Cc1ccccc1)NC(C)=O)C(N)=O. The van der Waals surface area contributed by atoms with E-state index in [-0.39, 0.29) is 12.3 Å². The van der Waals surface area contributed by atoms with Gasteiger partial charge in [0.25, 0.3) is 0 Å². The van der Waals surface area contributed by atoms with Gasteiger partial charge in [-0.1, -0.05) is 36.4 Å². The fourth-order valence-electron chi connectivity index (χ4n) is 1.99. The molecule has 1 aromatic carbocycles. The summed E-state index contributed by atoms with van der Waals surface area (Å²) in [6.45, 7) is 4.86. The van der Waals surface area contributed by atoms with Crippen LogP contribution in [0.1, 0.15) is 18.9 Å². The number of carbonyl (C=O) groups excluding carboxylic acids is 3. The minimum absolute atomic E-state index is 0.235. The molecule has 0 fully saturated rings. The van der Waals surface area contributed by atoms with Crippen LogP contribution in [-0.2, 0) is 20.8 Å². The molecule has 6 nitrogen and oxygen atoms in total. The first-order valence-electron chi connectivity index (χ1n) is 6.95. The Morgan fingerprint density at radius 3 is 2.32 bits per heavy atom. The maximum atomic E-state index is 12.3. The number of rotatable bonds is 8. The topological polar surface area (TPSA) is 101 Å². The van der Waals surface area contributed by atoms with E-state index in [9.17, 15) is 14.4 Å². The van der Waals surface area contributed by atoms with E-state index < -0.39 is 23.9 Å². The molecule has 3 amide bonds. The zero-order valence-corrected chi connectivity index (χ0v) is 12.5. The number of hydrogen-bond donors (Lipinski definition) is 3. The second kappa shape index (κ2) is 8.61. The summed E-state index contributed by atoms with van der Waals surface area (Å²) in [5.41, 5.74) is 6.14. The highest BCUT2D eigenvalue weighted by Crippen LogP contribution is 2.04. The summed E-state index contributed by atoms with van der Waals surface area (Å²) in [5, 5.41) is 5.13. The summed E-state index contributed by atoms with van der Waals surface area (Å²) < 4.78 is 0. The molecule has 0 radical (unpaired) electrons. The van der Waals surface area contributed by atoms with Crippen LogP contribution >= 0.6 is 0 Å². The lowest BCUT2D eigenvalue weighted by molar-refractivity contribution is -0.130. The molecule has 0 spiro atoms. The van der Waals surface area contributed by atoms with Gasteiger partial charge in [-0.05, 0) is 12.0 Å². The molecule has 0 heterocycles. The van der Waals surface area contributed by atoms with E-state index in [2.05, 4.69) is 17.2 Å². The van der Waals surface area contributed by atoms with Crippen molar-refractivity contribution in [2.75, 3.05) is 0 Å². The van der Waals surface area contributed by atoms with Crippen LogP contribution in [0.4, 0.5) is 0 Å². The molecule has 0 aliphatic carbocycles. The van der Waals surface area contributed by atoms with Gasteiger partial charge in [-0.2, -0.15) is 0 Å². The monoisotopic (exact) mass is 303 g/mol. The van der Waals surface area contributed by atoms with Crippen molar-refractivity contribution in [3.8, 4) is 0 Å². The summed E-state index contributed by atoms with van der Waals surface area (Å²) in [5.74, 6) is -1.42. The van der Waals surface area contributed by atoms with Crippen molar-refractivity contribution in [2.24, 2.45) is 5.73 Å². The Morgan fingerprint density at radius 2 is 1.82 bits per heavy atom. The van der Waals surface area contributed by atoms with Gasteiger partial charge in [0, 0.05) is 13.3 Å². The van der Waals surface area contributed by atoms with Crippen LogP contribution in [0.3, 0.4) is 0 Å². The second-order valence-corrected chi connectivity index (χ2v) is 4.93. The van der Waals surface area contributed by atoms with Gasteiger partial charge in [0.05, 0.1) is 0 Å². The third kappa shape index (κ3) is 5.78. The lowest BCUT2D eigenvalue weighted by Gasteiger charge is -2.21. The van der Waals surface area contributed by atoms with E-state index in [1.807, 2.05) is 30.3 Å². The third-order valence-electron chi connectivity index (χ3n) is 3.04. The third-order valence-corrected chi connectivity index (χ3v) is 3.04. The van der Waals surface area contributed by atoms with Gasteiger partial charge in [-0.25, -0.2) is 0 Å². The van der Waals surface area contributed by atoms with Crippen LogP contribution in [-0.4, -0.2) is 29.8 Å². The fraction of sp³-hybridized carbons (Fsp3) is 0.312. The number of primary amides is 1. The molecule has 0 bridgehead atoms. The van der Waals surface area contributed by atoms with Crippen molar-refractivity contribution >= 4 is 17.7 Å². The molecule has 118 valence electrons. The van der Waals surface area contributed by atoms with Gasteiger partial charge in [0.2, 0.25) is 17.7 Å². The van der Waals surface area contributed by atoms with Crippen LogP contribution in [0.5, 0.6) is 0 Å². The average Bonchev–Trinajstić information content (AvgIpc) is 2.46. The van der Waals surface area contributed by atoms with Crippen molar-refractivity contribution < 1.29 is 14.4 Å². The van der Waals surface area contributed by atoms with Gasteiger partial charge in [-0.15, -0.1) is 6.58 Å². The molecule has 0 saturated carbocycles. The van der Waals surface area contributed by atoms with Crippen LogP contribution in [0, 0.1) is 0 Å². The van der Waals surface area contributed by atoms with Crippen LogP contribution in [0.15, 0.2) is 43.0 Å². The summed E-state index contributed by atoms with van der Waals surface area (Å²) in [6, 6.07) is 7.67. The Labute approximate surface area is 129 Å². The molecule has 2 atom stereocenters. The van der Waals surface area contributed by atoms with Crippen LogP contribution in [0.25, 0.3) is 0 Å². The van der Waals surface area contributed by atoms with Crippen LogP contribution < -0.4 is 16.4 Å². The Hall–Kier alpha value is -2.63. The van der Waals surface area contributed by atoms with E-state index in [4.69, 9.17) is 5.73 Å². The second-order valence-electron chi connectivity index (χ2n) is 4.93. The summed E-state index contributed by atoms with van der Waals surface area (Å²) in [4.78, 5) is 34.9. The largest absolute Gasteiger partial charge is 0.368 e. The smallest absolute Gasteiger partial charge is 0.243 e. The number of nitrogens with one attached hydrogen (secondary N) is 2. The molecule has 0 saturated heterocycles. The summed E-state index contributed by atoms with van der Waals surface area (Å²) in [6.07, 6.45) is 2.06. The molecule has 1 rings (SSSR count). The molecule has 1 aromatic rings. The van der Waals surface area contributed by atoms with Crippen molar-refractivity contribution in [1.29, 1.82) is 0 Å². The highest BCUT2D eigenvalue weighted by Gasteiger charge is 2.24. The highest BCUT2D eigenvalue weighted by atomic mass is 16.2. The van der Waals surface area contributed by atoms with E-state index >= 15 is 0 Å². The quantitative estimate of drug-likeness (QED) is 0.601. The first kappa shape index (κ1) is 17.4. The van der Waals surface area contributed by atoms with Crippen molar-refractivity contribution in [1.82, 2.24) is 10.6 Å². The van der Waals surface area contributed by atoms with Gasteiger partial charge in [-0.3, -0.25) is 14.4 Å². The van der Waals surface area contributed by atoms with Gasteiger partial charge in [0.15, 0.2) is 0 Å². The maximum Gasteiger partial charge on any atom is 0.243 e. The molecule has 0 aliphatic rings. The Balaban J connectivity index is 2.81. The van der Waals surface area contributed by atoms with Crippen molar-refractivity contribution in [3.05, 3.63) is 48.6 Å². The van der Waals surface area contributed by atoms with E-state index in [1.165, 1.54) is 13.0 Å². The number of benzene rings is 1. The van der Waals surface area contributed by atoms with Gasteiger partial charge < -0.3 is 16.4 Å². The number of hydrogen-bond acceptors (Lipinski definition) is 3. The van der Waals surface area contributed by atoms with E-state index in [0.29, 0.717) is 6.42 Å². The number of carbonyl (C=O) groups is 3. The summed E-state index contributed by atoms with van der Waals surface area (Å²) >= 11 is 0. The standard InChI is InChI=1S/C16H21N3O3/c1-3-7-13(15(17)21)19-16(22)14(18-11(2)20)10-12-8-5-4-6-9-12/h3-6,8-9,13-14H,1,7,10H2,2H3,(H2,17,21)(H,18,20)(H,19,22)/t13-,14+/m1/s1. The Bertz CT molecular complexity index is 543. The molecule has 4 N–H and O–H groups in total. The van der Waals surface area contributed by atoms with E-state index in [1.54, 1.807) is 0 Å². The summed E-state index contributed by atoms with van der Waals surface area (Å²) in [7, 11) is 0. The van der Waals surface area contributed by atoms with Crippen molar-refractivity contribution in [2.45, 2.75) is 31.8 Å². The zero-order chi connectivity index (χ0) is 16.5. The van der Waals surface area contributed by atoms with Gasteiger partial charge in [0.1, 0.15) is 12.1 Å². The lowest BCUT2D eigenvalue weighted by Crippen LogP contribution is -2.53. The predicted molar refractivity (Wildman–Crippen MR) is 83.7 cm³/mol. The molecule has 0 aliphatic heterocycles. The first-order chi connectivity index (χ1) is 10.4. The molecular weight excluding hydrogens is 282 g/mol. The minimum atomic E-state index is -0.836. The van der Waals surface area contributed by atoms with Gasteiger partial charge >= 0.3 is 0 Å². The molecule has 0 unspecified atom stereocenters. The van der Waals surface area contributed by atoms with Crippen molar-refractivity contribution in [3.63, 3.8) is 0 Å². The number of nitrogens with two attached hydrogens (primary N) is 1. The first-order valence-corrected chi connectivity index (χ1v) is 6.95. The van der Waals surface area contributed by atoms with E-state index in [0.717, 1.165) is 5.56 Å². The number of amides is 3. The normalized spacial score (nSPS) is 12.8.